The Bertz CT molecular complexity index is 1640. The second kappa shape index (κ2) is 13.0. The summed E-state index contributed by atoms with van der Waals surface area (Å²) in [4.78, 5) is 34.1. The van der Waals surface area contributed by atoms with Crippen LogP contribution in [0, 0.1) is 17.8 Å². The number of fused-ring (bicyclic) bond motifs is 2. The molecule has 0 saturated carbocycles. The number of hydrogen-bond acceptors (Lipinski definition) is 7. The molecule has 45 heavy (non-hydrogen) atoms. The molecule has 0 aliphatic carbocycles. The van der Waals surface area contributed by atoms with Gasteiger partial charge in [-0.25, -0.2) is 9.78 Å². The number of ether oxygens (including phenoxy) is 3. The van der Waals surface area contributed by atoms with Gasteiger partial charge in [0, 0.05) is 48.6 Å². The van der Waals surface area contributed by atoms with E-state index in [4.69, 9.17) is 14.2 Å². The number of anilines is 1. The second-order valence-corrected chi connectivity index (χ2v) is 10.9. The van der Waals surface area contributed by atoms with Crippen LogP contribution in [-0.4, -0.2) is 77.5 Å². The third-order valence-corrected chi connectivity index (χ3v) is 7.51. The number of nitrogens with zero attached hydrogens (tertiary/aromatic N) is 3. The fourth-order valence-electron chi connectivity index (χ4n) is 4.82. The molecule has 2 aliphatic heterocycles. The van der Waals surface area contributed by atoms with Crippen molar-refractivity contribution in [3.8, 4) is 29.2 Å². The number of urea groups is 1. The van der Waals surface area contributed by atoms with Crippen LogP contribution in [0.5, 0.6) is 17.4 Å². The molecule has 0 fully saturated rings. The largest absolute Gasteiger partial charge is 0.472 e. The summed E-state index contributed by atoms with van der Waals surface area (Å²) in [6.45, 7) is 3.80. The van der Waals surface area contributed by atoms with Crippen LogP contribution in [0.3, 0.4) is 0 Å². The monoisotopic (exact) mass is 624 g/mol. The number of benzene rings is 2. The highest BCUT2D eigenvalue weighted by Crippen LogP contribution is 2.34. The zero-order valence-electron chi connectivity index (χ0n) is 24.7. The van der Waals surface area contributed by atoms with Gasteiger partial charge in [0.05, 0.1) is 24.8 Å². The van der Waals surface area contributed by atoms with Gasteiger partial charge in [-0.2, -0.15) is 13.2 Å². The van der Waals surface area contributed by atoms with Crippen molar-refractivity contribution >= 4 is 17.6 Å². The molecule has 3 atom stereocenters. The summed E-state index contributed by atoms with van der Waals surface area (Å²) in [7, 11) is 1.62. The second-order valence-electron chi connectivity index (χ2n) is 10.9. The molecule has 0 spiro atoms. The molecular weight excluding hydrogens is 593 g/mol. The van der Waals surface area contributed by atoms with E-state index >= 15 is 0 Å². The lowest BCUT2D eigenvalue weighted by molar-refractivity contribution is -0.137. The predicted molar refractivity (Wildman–Crippen MR) is 157 cm³/mol. The van der Waals surface area contributed by atoms with Gasteiger partial charge in [0.25, 0.3) is 5.91 Å². The first-order chi connectivity index (χ1) is 21.4. The van der Waals surface area contributed by atoms with Crippen molar-refractivity contribution in [3.63, 3.8) is 0 Å². The van der Waals surface area contributed by atoms with E-state index in [1.807, 2.05) is 6.92 Å². The fraction of sp³-hybridized carbons (Fsp3) is 0.344. The molecule has 2 N–H and O–H groups in total. The zero-order chi connectivity index (χ0) is 32.3. The quantitative estimate of drug-likeness (QED) is 0.399. The van der Waals surface area contributed by atoms with E-state index < -0.39 is 35.8 Å². The number of alkyl halides is 3. The Morgan fingerprint density at radius 3 is 2.56 bits per heavy atom. The fourth-order valence-corrected chi connectivity index (χ4v) is 4.82. The van der Waals surface area contributed by atoms with Gasteiger partial charge in [-0.1, -0.05) is 18.8 Å². The summed E-state index contributed by atoms with van der Waals surface area (Å²) in [5, 5.41) is 12.7. The topological polar surface area (TPSA) is 113 Å². The average molecular weight is 625 g/mol. The van der Waals surface area contributed by atoms with Gasteiger partial charge >= 0.3 is 12.2 Å². The maximum Gasteiger partial charge on any atom is 0.416 e. The number of carbonyl (C=O) groups excluding carboxylic acids is 2. The number of halogens is 3. The third-order valence-electron chi connectivity index (χ3n) is 7.51. The van der Waals surface area contributed by atoms with Crippen LogP contribution in [0.4, 0.5) is 23.7 Å². The van der Waals surface area contributed by atoms with Crippen molar-refractivity contribution in [1.29, 1.82) is 0 Å². The van der Waals surface area contributed by atoms with E-state index in [1.54, 1.807) is 32.2 Å². The van der Waals surface area contributed by atoms with Crippen LogP contribution in [0.2, 0.25) is 0 Å². The smallest absolute Gasteiger partial charge is 0.416 e. The van der Waals surface area contributed by atoms with Crippen LogP contribution in [0.15, 0.2) is 54.7 Å². The highest BCUT2D eigenvalue weighted by atomic mass is 19.4. The number of likely N-dealkylation sites (N-methyl/N-ethyl adjacent to an activating group) is 1. The molecule has 0 radical (unpaired) electrons. The molecule has 236 valence electrons. The van der Waals surface area contributed by atoms with Crippen molar-refractivity contribution in [2.24, 2.45) is 5.92 Å². The van der Waals surface area contributed by atoms with Crippen molar-refractivity contribution in [2.75, 3.05) is 38.9 Å². The van der Waals surface area contributed by atoms with Crippen LogP contribution < -0.4 is 19.5 Å². The maximum absolute atomic E-state index is 13.7. The zero-order valence-corrected chi connectivity index (χ0v) is 24.7. The summed E-state index contributed by atoms with van der Waals surface area (Å²) in [5.74, 6) is 6.11. The number of carbonyl (C=O) groups is 2. The average Bonchev–Trinajstić information content (AvgIpc) is 3.49. The van der Waals surface area contributed by atoms with Gasteiger partial charge < -0.3 is 34.4 Å². The van der Waals surface area contributed by atoms with Crippen molar-refractivity contribution in [2.45, 2.75) is 32.2 Å². The van der Waals surface area contributed by atoms with Gasteiger partial charge in [0.2, 0.25) is 12.7 Å². The van der Waals surface area contributed by atoms with E-state index in [0.29, 0.717) is 28.3 Å². The van der Waals surface area contributed by atoms with Crippen LogP contribution in [0.25, 0.3) is 0 Å². The first-order valence-electron chi connectivity index (χ1n) is 14.1. The van der Waals surface area contributed by atoms with Crippen LogP contribution >= 0.6 is 0 Å². The Hall–Kier alpha value is -4.96. The van der Waals surface area contributed by atoms with Gasteiger partial charge in [-0.3, -0.25) is 4.79 Å². The molecule has 3 aromatic rings. The van der Waals surface area contributed by atoms with Crippen molar-refractivity contribution < 1.29 is 42.1 Å². The molecule has 5 rings (SSSR count). The molecule has 2 aromatic carbocycles. The normalized spacial score (nSPS) is 18.0. The molecule has 10 nitrogen and oxygen atoms in total. The van der Waals surface area contributed by atoms with Crippen LogP contribution in [-0.2, 0) is 6.18 Å². The third kappa shape index (κ3) is 7.24. The standard InChI is InChI=1S/C32H31F3N4O6/c1-19-15-39(20(2)17-40)30(41)25-12-22(5-4-21-6-8-23(9-7-21)32(33,34)35)14-36-29(25)45-28(19)16-38(3)31(42)37-24-10-11-26-27(13-24)44-18-43-26/h6-14,19-20,28,40H,15-18H2,1-3H3,(H,37,42)/t19-,20+,28-/m0/s1. The van der Waals surface area contributed by atoms with E-state index in [9.17, 15) is 27.9 Å². The molecule has 0 bridgehead atoms. The summed E-state index contributed by atoms with van der Waals surface area (Å²) >= 11 is 0. The number of pyridine rings is 1. The number of aliphatic hydroxyl groups is 1. The van der Waals surface area contributed by atoms with Crippen molar-refractivity contribution in [3.05, 3.63) is 77.0 Å². The summed E-state index contributed by atoms with van der Waals surface area (Å²) in [6, 6.07) is 10.1. The minimum Gasteiger partial charge on any atom is -0.472 e. The van der Waals surface area contributed by atoms with Crippen LogP contribution in [0.1, 0.15) is 40.9 Å². The Morgan fingerprint density at radius 1 is 1.13 bits per heavy atom. The lowest BCUT2D eigenvalue weighted by Gasteiger charge is -2.37. The number of amides is 3. The highest BCUT2D eigenvalue weighted by molar-refractivity contribution is 5.97. The number of nitrogens with one attached hydrogen (secondary N) is 1. The Labute approximate surface area is 257 Å². The molecule has 0 unspecified atom stereocenters. The van der Waals surface area contributed by atoms with Crippen molar-refractivity contribution in [1.82, 2.24) is 14.8 Å². The maximum atomic E-state index is 13.7. The minimum absolute atomic E-state index is 0.0383. The number of rotatable bonds is 5. The van der Waals surface area contributed by atoms with E-state index in [1.165, 1.54) is 34.2 Å². The number of aliphatic hydroxyl groups excluding tert-OH is 1. The molecular formula is C32H31F3N4O6. The number of hydrogen-bond donors (Lipinski definition) is 2. The molecule has 13 heteroatoms. The number of aromatic nitrogens is 1. The lowest BCUT2D eigenvalue weighted by atomic mass is 10.00. The minimum atomic E-state index is -4.45. The SMILES string of the molecule is C[C@H](CO)N1C[C@H](C)[C@H](CN(C)C(=O)Nc2ccc3c(c2)OCO3)Oc2ncc(C#Cc3ccc(C(F)(F)F)cc3)cc2C1=O. The van der Waals surface area contributed by atoms with E-state index in [2.05, 4.69) is 22.1 Å². The molecule has 3 amide bonds. The Kier molecular flexibility index (Phi) is 9.06. The Balaban J connectivity index is 1.37. The summed E-state index contributed by atoms with van der Waals surface area (Å²) < 4.78 is 55.6. The van der Waals surface area contributed by atoms with Gasteiger partial charge in [-0.15, -0.1) is 0 Å². The predicted octanol–water partition coefficient (Wildman–Crippen LogP) is 4.61. The summed E-state index contributed by atoms with van der Waals surface area (Å²) in [5.41, 5.74) is 0.542. The molecule has 1 aromatic heterocycles. The summed E-state index contributed by atoms with van der Waals surface area (Å²) in [6.07, 6.45) is -3.64. The Morgan fingerprint density at radius 2 is 1.84 bits per heavy atom. The first kappa shape index (κ1) is 31.5. The van der Waals surface area contributed by atoms with E-state index in [-0.39, 0.29) is 43.9 Å². The van der Waals surface area contributed by atoms with Gasteiger partial charge in [-0.05, 0) is 49.4 Å². The van der Waals surface area contributed by atoms with E-state index in [0.717, 1.165) is 12.1 Å². The van der Waals surface area contributed by atoms with Gasteiger partial charge in [0.1, 0.15) is 11.7 Å². The first-order valence-corrected chi connectivity index (χ1v) is 14.1. The molecule has 3 heterocycles. The molecule has 2 aliphatic rings. The molecule has 0 saturated heterocycles. The highest BCUT2D eigenvalue weighted by Gasteiger charge is 2.35. The lowest BCUT2D eigenvalue weighted by Crippen LogP contribution is -2.50. The van der Waals surface area contributed by atoms with Gasteiger partial charge in [0.15, 0.2) is 11.5 Å².